The second kappa shape index (κ2) is 6.01. The minimum Gasteiger partial charge on any atom is -0.350 e. The summed E-state index contributed by atoms with van der Waals surface area (Å²) in [6, 6.07) is 6.41. The molecular weight excluding hydrogens is 281 g/mol. The van der Waals surface area contributed by atoms with Gasteiger partial charge in [-0.05, 0) is 51.1 Å². The first-order valence-corrected chi connectivity index (χ1v) is 7.64. The molecule has 4 nitrogen and oxygen atoms in total. The van der Waals surface area contributed by atoms with E-state index in [9.17, 15) is 9.18 Å². The SMILES string of the molecule is CNC(C)CNC(=O)c1cc(C2CC2)nc2ccc(F)cc12. The van der Waals surface area contributed by atoms with Crippen LogP contribution < -0.4 is 10.6 Å². The largest absolute Gasteiger partial charge is 0.350 e. The number of carbonyl (C=O) groups is 1. The predicted molar refractivity (Wildman–Crippen MR) is 84.5 cm³/mol. The number of halogens is 1. The van der Waals surface area contributed by atoms with Gasteiger partial charge in [-0.15, -0.1) is 0 Å². The maximum Gasteiger partial charge on any atom is 0.252 e. The lowest BCUT2D eigenvalue weighted by atomic mass is 10.0. The van der Waals surface area contributed by atoms with Gasteiger partial charge in [0.25, 0.3) is 5.91 Å². The highest BCUT2D eigenvalue weighted by Crippen LogP contribution is 2.40. The van der Waals surface area contributed by atoms with Crippen LogP contribution in [0, 0.1) is 5.82 Å². The van der Waals surface area contributed by atoms with E-state index in [0.29, 0.717) is 28.9 Å². The number of amides is 1. The van der Waals surface area contributed by atoms with Gasteiger partial charge in [-0.2, -0.15) is 0 Å². The molecule has 0 spiro atoms. The lowest BCUT2D eigenvalue weighted by Crippen LogP contribution is -2.37. The molecule has 1 atom stereocenters. The van der Waals surface area contributed by atoms with E-state index < -0.39 is 0 Å². The number of hydrogen-bond donors (Lipinski definition) is 2. The molecule has 2 aromatic rings. The molecule has 22 heavy (non-hydrogen) atoms. The normalized spacial score (nSPS) is 15.8. The summed E-state index contributed by atoms with van der Waals surface area (Å²) in [5.74, 6) is -0.0923. The fraction of sp³-hybridized carbons (Fsp3) is 0.412. The molecule has 0 bridgehead atoms. The van der Waals surface area contributed by atoms with Crippen molar-refractivity contribution in [3.63, 3.8) is 0 Å². The molecule has 2 N–H and O–H groups in total. The number of carbonyl (C=O) groups excluding carboxylic acids is 1. The van der Waals surface area contributed by atoms with Crippen molar-refractivity contribution < 1.29 is 9.18 Å². The second-order valence-electron chi connectivity index (χ2n) is 5.93. The summed E-state index contributed by atoms with van der Waals surface area (Å²) in [4.78, 5) is 17.1. The van der Waals surface area contributed by atoms with Crippen LogP contribution in [-0.4, -0.2) is 30.5 Å². The van der Waals surface area contributed by atoms with Crippen molar-refractivity contribution in [2.24, 2.45) is 0 Å². The number of likely N-dealkylation sites (N-methyl/N-ethyl adjacent to an activating group) is 1. The number of nitrogens with one attached hydrogen (secondary N) is 2. The van der Waals surface area contributed by atoms with Crippen LogP contribution in [0.2, 0.25) is 0 Å². The summed E-state index contributed by atoms with van der Waals surface area (Å²) in [5, 5.41) is 6.54. The van der Waals surface area contributed by atoms with Crippen LogP contribution in [0.1, 0.15) is 41.7 Å². The molecule has 3 rings (SSSR count). The van der Waals surface area contributed by atoms with E-state index in [-0.39, 0.29) is 17.8 Å². The first-order chi connectivity index (χ1) is 10.6. The third kappa shape index (κ3) is 3.09. The molecule has 0 radical (unpaired) electrons. The Morgan fingerprint density at radius 1 is 1.41 bits per heavy atom. The van der Waals surface area contributed by atoms with Crippen LogP contribution in [0.5, 0.6) is 0 Å². The Balaban J connectivity index is 1.98. The van der Waals surface area contributed by atoms with Crippen LogP contribution in [-0.2, 0) is 0 Å². The Morgan fingerprint density at radius 3 is 2.86 bits per heavy atom. The smallest absolute Gasteiger partial charge is 0.252 e. The predicted octanol–water partition coefficient (Wildman–Crippen LogP) is 2.59. The van der Waals surface area contributed by atoms with Crippen molar-refractivity contribution >= 4 is 16.8 Å². The molecule has 1 aliphatic carbocycles. The van der Waals surface area contributed by atoms with E-state index in [2.05, 4.69) is 15.6 Å². The summed E-state index contributed by atoms with van der Waals surface area (Å²) < 4.78 is 13.6. The molecule has 5 heteroatoms. The standard InChI is InChI=1S/C17H20FN3O/c1-10(19-2)9-20-17(22)14-8-16(11-3-4-11)21-15-6-5-12(18)7-13(14)15/h5-8,10-11,19H,3-4,9H2,1-2H3,(H,20,22). The van der Waals surface area contributed by atoms with Crippen LogP contribution in [0.4, 0.5) is 4.39 Å². The van der Waals surface area contributed by atoms with E-state index >= 15 is 0 Å². The zero-order valence-corrected chi connectivity index (χ0v) is 12.8. The Kier molecular flexibility index (Phi) is 4.07. The molecule has 1 heterocycles. The average molecular weight is 301 g/mol. The van der Waals surface area contributed by atoms with Gasteiger partial charge in [0.2, 0.25) is 0 Å². The highest BCUT2D eigenvalue weighted by atomic mass is 19.1. The van der Waals surface area contributed by atoms with Crippen molar-refractivity contribution in [1.29, 1.82) is 0 Å². The van der Waals surface area contributed by atoms with Crippen LogP contribution in [0.3, 0.4) is 0 Å². The molecule has 1 aromatic heterocycles. The van der Waals surface area contributed by atoms with Gasteiger partial charge < -0.3 is 10.6 Å². The Labute approximate surface area is 129 Å². The summed E-state index contributed by atoms with van der Waals surface area (Å²) in [5.41, 5.74) is 2.12. The topological polar surface area (TPSA) is 54.0 Å². The summed E-state index contributed by atoms with van der Waals surface area (Å²) in [6.45, 7) is 2.51. The lowest BCUT2D eigenvalue weighted by Gasteiger charge is -2.13. The van der Waals surface area contributed by atoms with Crippen LogP contribution >= 0.6 is 0 Å². The van der Waals surface area contributed by atoms with Gasteiger partial charge in [-0.25, -0.2) is 4.39 Å². The molecule has 1 amide bonds. The van der Waals surface area contributed by atoms with Crippen molar-refractivity contribution in [1.82, 2.24) is 15.6 Å². The van der Waals surface area contributed by atoms with E-state index in [0.717, 1.165) is 18.5 Å². The maximum atomic E-state index is 13.6. The third-order valence-electron chi connectivity index (χ3n) is 4.09. The third-order valence-corrected chi connectivity index (χ3v) is 4.09. The van der Waals surface area contributed by atoms with E-state index in [4.69, 9.17) is 0 Å². The summed E-state index contributed by atoms with van der Waals surface area (Å²) in [6.07, 6.45) is 2.22. The number of rotatable bonds is 5. The molecule has 0 aliphatic heterocycles. The molecule has 116 valence electrons. The number of fused-ring (bicyclic) bond motifs is 1. The van der Waals surface area contributed by atoms with Crippen molar-refractivity contribution in [2.45, 2.75) is 31.7 Å². The number of pyridine rings is 1. The second-order valence-corrected chi connectivity index (χ2v) is 5.93. The van der Waals surface area contributed by atoms with Gasteiger partial charge in [0.05, 0.1) is 11.1 Å². The minimum absolute atomic E-state index is 0.177. The molecule has 1 saturated carbocycles. The van der Waals surface area contributed by atoms with Crippen LogP contribution in [0.15, 0.2) is 24.3 Å². The van der Waals surface area contributed by atoms with Gasteiger partial charge in [-0.1, -0.05) is 0 Å². The Bertz CT molecular complexity index is 712. The van der Waals surface area contributed by atoms with Gasteiger partial charge in [-0.3, -0.25) is 9.78 Å². The first-order valence-electron chi connectivity index (χ1n) is 7.64. The van der Waals surface area contributed by atoms with Crippen molar-refractivity contribution in [3.05, 3.63) is 41.3 Å². The number of hydrogen-bond acceptors (Lipinski definition) is 3. The Morgan fingerprint density at radius 2 is 2.18 bits per heavy atom. The van der Waals surface area contributed by atoms with Gasteiger partial charge in [0.1, 0.15) is 5.82 Å². The van der Waals surface area contributed by atoms with Gasteiger partial charge >= 0.3 is 0 Å². The zero-order valence-electron chi connectivity index (χ0n) is 12.8. The molecular formula is C17H20FN3O. The minimum atomic E-state index is -0.355. The quantitative estimate of drug-likeness (QED) is 0.892. The molecule has 1 unspecified atom stereocenters. The maximum absolute atomic E-state index is 13.6. The molecule has 1 fully saturated rings. The highest BCUT2D eigenvalue weighted by molar-refractivity contribution is 6.06. The van der Waals surface area contributed by atoms with E-state index in [1.807, 2.05) is 20.0 Å². The monoisotopic (exact) mass is 301 g/mol. The number of benzene rings is 1. The van der Waals surface area contributed by atoms with Gasteiger partial charge in [0.15, 0.2) is 0 Å². The number of nitrogens with zero attached hydrogens (tertiary/aromatic N) is 1. The number of aromatic nitrogens is 1. The fourth-order valence-electron chi connectivity index (χ4n) is 2.44. The highest BCUT2D eigenvalue weighted by Gasteiger charge is 2.27. The Hall–Kier alpha value is -2.01. The van der Waals surface area contributed by atoms with Crippen LogP contribution in [0.25, 0.3) is 10.9 Å². The zero-order chi connectivity index (χ0) is 15.7. The summed E-state index contributed by atoms with van der Waals surface area (Å²) >= 11 is 0. The molecule has 0 saturated heterocycles. The van der Waals surface area contributed by atoms with Gasteiger partial charge in [0, 0.05) is 29.6 Å². The van der Waals surface area contributed by atoms with Crippen molar-refractivity contribution in [3.8, 4) is 0 Å². The molecule has 1 aromatic carbocycles. The van der Waals surface area contributed by atoms with E-state index in [1.165, 1.54) is 12.1 Å². The lowest BCUT2D eigenvalue weighted by molar-refractivity contribution is 0.0952. The average Bonchev–Trinajstić information content (AvgIpc) is 3.36. The molecule has 1 aliphatic rings. The van der Waals surface area contributed by atoms with E-state index in [1.54, 1.807) is 6.07 Å². The summed E-state index contributed by atoms with van der Waals surface area (Å²) in [7, 11) is 1.85. The fourth-order valence-corrected chi connectivity index (χ4v) is 2.44. The first kappa shape index (κ1) is 14.9. The van der Waals surface area contributed by atoms with Crippen molar-refractivity contribution in [2.75, 3.05) is 13.6 Å².